The van der Waals surface area contributed by atoms with Crippen molar-refractivity contribution in [3.05, 3.63) is 17.5 Å². The second-order valence-corrected chi connectivity index (χ2v) is 7.60. The van der Waals surface area contributed by atoms with E-state index < -0.39 is 0 Å². The van der Waals surface area contributed by atoms with Crippen molar-refractivity contribution < 1.29 is 9.53 Å². The molecule has 1 aliphatic carbocycles. The minimum absolute atomic E-state index is 0.0141. The van der Waals surface area contributed by atoms with E-state index in [0.29, 0.717) is 13.2 Å². The second kappa shape index (κ2) is 8.12. The average molecular weight is 336 g/mol. The third kappa shape index (κ3) is 4.57. The van der Waals surface area contributed by atoms with Gasteiger partial charge in [0.05, 0.1) is 17.8 Å². The SMILES string of the molecule is COCCCNC(=O)[C@H](C)N[C@@H]1CCCc2c1cnn2C(C)(C)C. The number of hydrogen-bond acceptors (Lipinski definition) is 4. The molecule has 1 aromatic heterocycles. The summed E-state index contributed by atoms with van der Waals surface area (Å²) in [5, 5.41) is 11.0. The highest BCUT2D eigenvalue weighted by Gasteiger charge is 2.29. The van der Waals surface area contributed by atoms with Gasteiger partial charge >= 0.3 is 0 Å². The Hall–Kier alpha value is -1.40. The Labute approximate surface area is 145 Å². The Bertz CT molecular complexity index is 548. The zero-order valence-corrected chi connectivity index (χ0v) is 15.7. The number of carbonyl (C=O) groups is 1. The van der Waals surface area contributed by atoms with E-state index in [1.54, 1.807) is 7.11 Å². The first-order valence-electron chi connectivity index (χ1n) is 8.94. The van der Waals surface area contributed by atoms with Gasteiger partial charge in [0.25, 0.3) is 0 Å². The molecule has 1 aliphatic rings. The zero-order valence-electron chi connectivity index (χ0n) is 15.7. The summed E-state index contributed by atoms with van der Waals surface area (Å²) in [5.74, 6) is 0.0430. The maximum Gasteiger partial charge on any atom is 0.236 e. The number of hydrogen-bond donors (Lipinski definition) is 2. The minimum Gasteiger partial charge on any atom is -0.385 e. The molecule has 6 heteroatoms. The standard InChI is InChI=1S/C18H32N4O2/c1-13(17(23)19-10-7-11-24-5)21-15-8-6-9-16-14(15)12-20-22(16)18(2,3)4/h12-13,15,21H,6-11H2,1-5H3,(H,19,23)/t13-,15+/m0/s1. The lowest BCUT2D eigenvalue weighted by molar-refractivity contribution is -0.123. The largest absolute Gasteiger partial charge is 0.385 e. The molecule has 0 spiro atoms. The van der Waals surface area contributed by atoms with E-state index in [1.165, 1.54) is 11.3 Å². The van der Waals surface area contributed by atoms with Gasteiger partial charge < -0.3 is 10.1 Å². The molecule has 0 aliphatic heterocycles. The van der Waals surface area contributed by atoms with Crippen LogP contribution in [0.15, 0.2) is 6.20 Å². The van der Waals surface area contributed by atoms with Crippen molar-refractivity contribution in [3.63, 3.8) is 0 Å². The van der Waals surface area contributed by atoms with E-state index in [0.717, 1.165) is 25.7 Å². The molecule has 0 bridgehead atoms. The number of fused-ring (bicyclic) bond motifs is 1. The maximum atomic E-state index is 12.2. The van der Waals surface area contributed by atoms with Crippen LogP contribution in [0.5, 0.6) is 0 Å². The molecule has 2 rings (SSSR count). The number of nitrogens with one attached hydrogen (secondary N) is 2. The Kier molecular flexibility index (Phi) is 6.40. The average Bonchev–Trinajstić information content (AvgIpc) is 2.96. The number of nitrogens with zero attached hydrogens (tertiary/aromatic N) is 2. The van der Waals surface area contributed by atoms with Gasteiger partial charge in [0.15, 0.2) is 0 Å². The first kappa shape index (κ1) is 18.9. The van der Waals surface area contributed by atoms with Gasteiger partial charge in [0, 0.05) is 37.6 Å². The Balaban J connectivity index is 1.97. The van der Waals surface area contributed by atoms with Gasteiger partial charge in [-0.3, -0.25) is 14.8 Å². The van der Waals surface area contributed by atoms with Crippen LogP contribution < -0.4 is 10.6 Å². The van der Waals surface area contributed by atoms with Crippen LogP contribution >= 0.6 is 0 Å². The minimum atomic E-state index is -0.221. The van der Waals surface area contributed by atoms with Gasteiger partial charge in [-0.1, -0.05) is 0 Å². The number of carbonyl (C=O) groups excluding carboxylic acids is 1. The van der Waals surface area contributed by atoms with Crippen molar-refractivity contribution in [3.8, 4) is 0 Å². The molecule has 6 nitrogen and oxygen atoms in total. The summed E-state index contributed by atoms with van der Waals surface area (Å²) >= 11 is 0. The summed E-state index contributed by atoms with van der Waals surface area (Å²) in [6, 6.07) is -0.0222. The molecule has 0 aromatic carbocycles. The quantitative estimate of drug-likeness (QED) is 0.749. The van der Waals surface area contributed by atoms with Gasteiger partial charge in [-0.05, 0) is 53.4 Å². The second-order valence-electron chi connectivity index (χ2n) is 7.60. The van der Waals surface area contributed by atoms with E-state index in [4.69, 9.17) is 4.74 Å². The molecule has 24 heavy (non-hydrogen) atoms. The van der Waals surface area contributed by atoms with Crippen LogP contribution in [0, 0.1) is 0 Å². The van der Waals surface area contributed by atoms with Crippen LogP contribution in [0.25, 0.3) is 0 Å². The summed E-state index contributed by atoms with van der Waals surface area (Å²) < 4.78 is 7.13. The van der Waals surface area contributed by atoms with Crippen molar-refractivity contribution in [2.75, 3.05) is 20.3 Å². The van der Waals surface area contributed by atoms with Crippen LogP contribution in [0.2, 0.25) is 0 Å². The Morgan fingerprint density at radius 3 is 2.92 bits per heavy atom. The predicted octanol–water partition coefficient (Wildman–Crippen LogP) is 2.15. The fourth-order valence-electron chi connectivity index (χ4n) is 3.27. The molecule has 0 radical (unpaired) electrons. The first-order chi connectivity index (χ1) is 11.3. The first-order valence-corrected chi connectivity index (χ1v) is 8.94. The van der Waals surface area contributed by atoms with Crippen molar-refractivity contribution in [1.29, 1.82) is 0 Å². The van der Waals surface area contributed by atoms with E-state index in [1.807, 2.05) is 13.1 Å². The van der Waals surface area contributed by atoms with Crippen molar-refractivity contribution >= 4 is 5.91 Å². The van der Waals surface area contributed by atoms with Gasteiger partial charge in [-0.2, -0.15) is 5.10 Å². The van der Waals surface area contributed by atoms with E-state index in [-0.39, 0.29) is 23.5 Å². The van der Waals surface area contributed by atoms with Crippen LogP contribution in [0.4, 0.5) is 0 Å². The monoisotopic (exact) mass is 336 g/mol. The lowest BCUT2D eigenvalue weighted by Crippen LogP contribution is -2.44. The van der Waals surface area contributed by atoms with Crippen molar-refractivity contribution in [1.82, 2.24) is 20.4 Å². The summed E-state index contributed by atoms with van der Waals surface area (Å²) in [5.41, 5.74) is 2.54. The molecule has 2 atom stereocenters. The number of ether oxygens (including phenoxy) is 1. The Morgan fingerprint density at radius 2 is 2.25 bits per heavy atom. The van der Waals surface area contributed by atoms with Crippen molar-refractivity contribution in [2.45, 2.75) is 71.0 Å². The van der Waals surface area contributed by atoms with Crippen LogP contribution in [0.1, 0.15) is 64.3 Å². The lowest BCUT2D eigenvalue weighted by atomic mass is 9.91. The van der Waals surface area contributed by atoms with Crippen LogP contribution in [-0.4, -0.2) is 42.0 Å². The number of rotatable bonds is 7. The van der Waals surface area contributed by atoms with E-state index >= 15 is 0 Å². The molecule has 1 amide bonds. The summed E-state index contributed by atoms with van der Waals surface area (Å²) in [6.07, 6.45) is 6.03. The van der Waals surface area contributed by atoms with Gasteiger partial charge in [-0.25, -0.2) is 0 Å². The fourth-order valence-corrected chi connectivity index (χ4v) is 3.27. The molecule has 1 heterocycles. The molecule has 1 aromatic rings. The fraction of sp³-hybridized carbons (Fsp3) is 0.778. The number of aromatic nitrogens is 2. The normalized spacial score (nSPS) is 19.0. The summed E-state index contributed by atoms with van der Waals surface area (Å²) in [6.45, 7) is 9.76. The highest BCUT2D eigenvalue weighted by Crippen LogP contribution is 2.32. The van der Waals surface area contributed by atoms with Gasteiger partial charge in [0.2, 0.25) is 5.91 Å². The molecule has 0 saturated heterocycles. The zero-order chi connectivity index (χ0) is 17.7. The highest BCUT2D eigenvalue weighted by atomic mass is 16.5. The number of amides is 1. The van der Waals surface area contributed by atoms with E-state index in [9.17, 15) is 4.79 Å². The third-order valence-electron chi connectivity index (χ3n) is 4.49. The van der Waals surface area contributed by atoms with E-state index in [2.05, 4.69) is 41.2 Å². The smallest absolute Gasteiger partial charge is 0.236 e. The lowest BCUT2D eigenvalue weighted by Gasteiger charge is -2.29. The van der Waals surface area contributed by atoms with Crippen LogP contribution in [0.3, 0.4) is 0 Å². The third-order valence-corrected chi connectivity index (χ3v) is 4.49. The van der Waals surface area contributed by atoms with Gasteiger partial charge in [-0.15, -0.1) is 0 Å². The molecule has 0 saturated carbocycles. The van der Waals surface area contributed by atoms with Crippen molar-refractivity contribution in [2.24, 2.45) is 0 Å². The molecular weight excluding hydrogens is 304 g/mol. The molecule has 0 unspecified atom stereocenters. The highest BCUT2D eigenvalue weighted by molar-refractivity contribution is 5.81. The summed E-state index contributed by atoms with van der Waals surface area (Å²) in [4.78, 5) is 12.2. The van der Waals surface area contributed by atoms with Crippen LogP contribution in [-0.2, 0) is 21.5 Å². The number of methoxy groups -OCH3 is 1. The predicted molar refractivity (Wildman–Crippen MR) is 95.0 cm³/mol. The maximum absolute atomic E-state index is 12.2. The molecule has 136 valence electrons. The van der Waals surface area contributed by atoms with Gasteiger partial charge in [0.1, 0.15) is 0 Å². The Morgan fingerprint density at radius 1 is 1.50 bits per heavy atom. The molecule has 0 fully saturated rings. The molecular formula is C18H32N4O2. The topological polar surface area (TPSA) is 68.2 Å². The molecule has 2 N–H and O–H groups in total. The summed E-state index contributed by atoms with van der Waals surface area (Å²) in [7, 11) is 1.67.